The van der Waals surface area contributed by atoms with Crippen LogP contribution >= 0.6 is 0 Å². The number of rotatable bonds is 6. The van der Waals surface area contributed by atoms with Crippen molar-refractivity contribution in [2.24, 2.45) is 11.1 Å². The third kappa shape index (κ3) is 3.89. The molecule has 6 nitrogen and oxygen atoms in total. The van der Waals surface area contributed by atoms with E-state index in [2.05, 4.69) is 10.00 Å². The van der Waals surface area contributed by atoms with Gasteiger partial charge in [0.15, 0.2) is 0 Å². The summed E-state index contributed by atoms with van der Waals surface area (Å²) in [5, 5.41) is 14.9. The number of aromatic nitrogens is 2. The highest BCUT2D eigenvalue weighted by Gasteiger charge is 2.32. The maximum absolute atomic E-state index is 13.8. The van der Waals surface area contributed by atoms with Crippen LogP contribution in [0.1, 0.15) is 42.5 Å². The van der Waals surface area contributed by atoms with Gasteiger partial charge in [-0.25, -0.2) is 9.07 Å². The molecular weight excluding hydrogens is 383 g/mol. The molecule has 3 N–H and O–H groups in total. The Hall–Kier alpha value is -2.93. The van der Waals surface area contributed by atoms with Crippen LogP contribution in [0.3, 0.4) is 0 Å². The lowest BCUT2D eigenvalue weighted by Crippen LogP contribution is -2.40. The SMILES string of the molecule is CN(CC1(CO)CCCCC1)c1ccc(-n2cc3cc(F)cc(C(N)=O)c3n2)cc1. The van der Waals surface area contributed by atoms with Crippen molar-refractivity contribution >= 4 is 22.5 Å². The monoisotopic (exact) mass is 410 g/mol. The minimum Gasteiger partial charge on any atom is -0.396 e. The summed E-state index contributed by atoms with van der Waals surface area (Å²) in [6.45, 7) is 1.03. The second-order valence-electron chi connectivity index (χ2n) is 8.42. The molecule has 1 amide bonds. The first-order valence-electron chi connectivity index (χ1n) is 10.3. The van der Waals surface area contributed by atoms with Gasteiger partial charge in [-0.2, -0.15) is 5.10 Å². The van der Waals surface area contributed by atoms with Gasteiger partial charge >= 0.3 is 0 Å². The predicted octanol–water partition coefficient (Wildman–Crippen LogP) is 3.64. The Labute approximate surface area is 175 Å². The van der Waals surface area contributed by atoms with Crippen molar-refractivity contribution in [3.8, 4) is 5.69 Å². The minimum atomic E-state index is -0.706. The van der Waals surface area contributed by atoms with Gasteiger partial charge in [0.2, 0.25) is 0 Å². The fraction of sp³-hybridized carbons (Fsp3) is 0.391. The predicted molar refractivity (Wildman–Crippen MR) is 115 cm³/mol. The zero-order valence-electron chi connectivity index (χ0n) is 17.1. The standard InChI is InChI=1S/C23H27FN4O2/c1-27(14-23(15-29)9-3-2-4-10-23)18-5-7-19(8-6-18)28-13-16-11-17(24)12-20(22(25)30)21(16)26-28/h5-8,11-13,29H,2-4,9-10,14-15H2,1H3,(H2,25,30). The van der Waals surface area contributed by atoms with E-state index in [0.717, 1.165) is 36.8 Å². The van der Waals surface area contributed by atoms with Crippen LogP contribution in [0.4, 0.5) is 10.1 Å². The number of carbonyl (C=O) groups is 1. The Morgan fingerprint density at radius 3 is 2.57 bits per heavy atom. The van der Waals surface area contributed by atoms with Crippen LogP contribution < -0.4 is 10.6 Å². The van der Waals surface area contributed by atoms with E-state index in [4.69, 9.17) is 5.73 Å². The van der Waals surface area contributed by atoms with E-state index in [-0.39, 0.29) is 17.6 Å². The largest absolute Gasteiger partial charge is 0.396 e. The van der Waals surface area contributed by atoms with Gasteiger partial charge in [-0.3, -0.25) is 4.79 Å². The number of benzene rings is 2. The number of halogens is 1. The number of anilines is 1. The smallest absolute Gasteiger partial charge is 0.251 e. The maximum Gasteiger partial charge on any atom is 0.251 e. The minimum absolute atomic E-state index is 0.0272. The summed E-state index contributed by atoms with van der Waals surface area (Å²) in [4.78, 5) is 13.8. The topological polar surface area (TPSA) is 84.4 Å². The van der Waals surface area contributed by atoms with E-state index >= 15 is 0 Å². The number of carbonyl (C=O) groups excluding carboxylic acids is 1. The molecule has 0 radical (unpaired) electrons. The fourth-order valence-corrected chi connectivity index (χ4v) is 4.54. The Bertz CT molecular complexity index is 1060. The van der Waals surface area contributed by atoms with Crippen molar-refractivity contribution in [2.75, 3.05) is 25.1 Å². The number of hydrogen-bond donors (Lipinski definition) is 2. The molecule has 1 aliphatic carbocycles. The van der Waals surface area contributed by atoms with Crippen LogP contribution in [0, 0.1) is 11.2 Å². The second kappa shape index (κ2) is 8.07. The molecule has 7 heteroatoms. The quantitative estimate of drug-likeness (QED) is 0.650. The summed E-state index contributed by atoms with van der Waals surface area (Å²) in [7, 11) is 2.05. The number of aliphatic hydroxyl groups excluding tert-OH is 1. The van der Waals surface area contributed by atoms with Gasteiger partial charge < -0.3 is 15.7 Å². The molecule has 3 aromatic rings. The molecular formula is C23H27FN4O2. The number of nitrogens with zero attached hydrogens (tertiary/aromatic N) is 3. The van der Waals surface area contributed by atoms with E-state index < -0.39 is 11.7 Å². The lowest BCUT2D eigenvalue weighted by atomic mass is 9.74. The average Bonchev–Trinajstić information content (AvgIpc) is 3.17. The molecule has 1 heterocycles. The molecule has 1 aromatic heterocycles. The molecule has 0 aliphatic heterocycles. The number of fused-ring (bicyclic) bond motifs is 1. The molecule has 30 heavy (non-hydrogen) atoms. The zero-order chi connectivity index (χ0) is 21.3. The third-order valence-electron chi connectivity index (χ3n) is 6.22. The highest BCUT2D eigenvalue weighted by Crippen LogP contribution is 2.37. The Balaban J connectivity index is 1.57. The van der Waals surface area contributed by atoms with Crippen molar-refractivity contribution in [1.29, 1.82) is 0 Å². The average molecular weight is 410 g/mol. The summed E-state index contributed by atoms with van der Waals surface area (Å²) in [5.74, 6) is -1.23. The highest BCUT2D eigenvalue weighted by molar-refractivity contribution is 6.04. The zero-order valence-corrected chi connectivity index (χ0v) is 17.1. The van der Waals surface area contributed by atoms with Crippen molar-refractivity contribution in [2.45, 2.75) is 32.1 Å². The van der Waals surface area contributed by atoms with E-state index in [1.165, 1.54) is 25.3 Å². The van der Waals surface area contributed by atoms with E-state index in [9.17, 15) is 14.3 Å². The highest BCUT2D eigenvalue weighted by atomic mass is 19.1. The summed E-state index contributed by atoms with van der Waals surface area (Å²) in [5.41, 5.74) is 7.65. The van der Waals surface area contributed by atoms with Gasteiger partial charge in [-0.1, -0.05) is 19.3 Å². The number of hydrogen-bond acceptors (Lipinski definition) is 4. The summed E-state index contributed by atoms with van der Waals surface area (Å²) < 4.78 is 15.4. The summed E-state index contributed by atoms with van der Waals surface area (Å²) in [6, 6.07) is 10.3. The number of primary amides is 1. The van der Waals surface area contributed by atoms with Gasteiger partial charge in [0.05, 0.1) is 17.9 Å². The first-order chi connectivity index (χ1) is 14.4. The van der Waals surface area contributed by atoms with Crippen molar-refractivity contribution < 1.29 is 14.3 Å². The summed E-state index contributed by atoms with van der Waals surface area (Å²) in [6.07, 6.45) is 7.41. The number of aliphatic hydroxyl groups is 1. The van der Waals surface area contributed by atoms with E-state index in [0.29, 0.717) is 10.9 Å². The second-order valence-corrected chi connectivity index (χ2v) is 8.42. The van der Waals surface area contributed by atoms with Gasteiger partial charge in [-0.15, -0.1) is 0 Å². The van der Waals surface area contributed by atoms with Gasteiger partial charge in [0.1, 0.15) is 11.3 Å². The summed E-state index contributed by atoms with van der Waals surface area (Å²) >= 11 is 0. The van der Waals surface area contributed by atoms with Crippen LogP contribution in [0.25, 0.3) is 16.6 Å². The van der Waals surface area contributed by atoms with Crippen LogP contribution in [0.2, 0.25) is 0 Å². The molecule has 0 saturated heterocycles. The Morgan fingerprint density at radius 1 is 1.23 bits per heavy atom. The lowest BCUT2D eigenvalue weighted by Gasteiger charge is -2.39. The molecule has 0 atom stereocenters. The number of amides is 1. The Kier molecular flexibility index (Phi) is 5.47. The number of nitrogens with two attached hydrogens (primary N) is 1. The van der Waals surface area contributed by atoms with Crippen molar-refractivity contribution in [1.82, 2.24) is 9.78 Å². The van der Waals surface area contributed by atoms with Crippen molar-refractivity contribution in [3.63, 3.8) is 0 Å². The fourth-order valence-electron chi connectivity index (χ4n) is 4.54. The molecule has 1 fully saturated rings. The molecule has 1 saturated carbocycles. The molecule has 158 valence electrons. The van der Waals surface area contributed by atoms with Gasteiger partial charge in [0, 0.05) is 36.3 Å². The maximum atomic E-state index is 13.8. The first kappa shape index (κ1) is 20.3. The molecule has 4 rings (SSSR count). The first-order valence-corrected chi connectivity index (χ1v) is 10.3. The molecule has 1 aliphatic rings. The van der Waals surface area contributed by atoms with Gasteiger partial charge in [0.25, 0.3) is 5.91 Å². The molecule has 0 bridgehead atoms. The molecule has 0 spiro atoms. The molecule has 0 unspecified atom stereocenters. The van der Waals surface area contributed by atoms with E-state index in [1.54, 1.807) is 10.9 Å². The third-order valence-corrected chi connectivity index (χ3v) is 6.22. The van der Waals surface area contributed by atoms with Crippen LogP contribution in [0.15, 0.2) is 42.6 Å². The Morgan fingerprint density at radius 2 is 1.93 bits per heavy atom. The van der Waals surface area contributed by atoms with Gasteiger partial charge in [-0.05, 0) is 49.2 Å². The van der Waals surface area contributed by atoms with Crippen LogP contribution in [0.5, 0.6) is 0 Å². The molecule has 2 aromatic carbocycles. The van der Waals surface area contributed by atoms with Crippen LogP contribution in [-0.2, 0) is 0 Å². The van der Waals surface area contributed by atoms with Crippen LogP contribution in [-0.4, -0.2) is 41.0 Å². The van der Waals surface area contributed by atoms with E-state index in [1.807, 2.05) is 31.3 Å². The van der Waals surface area contributed by atoms with Crippen molar-refractivity contribution in [3.05, 3.63) is 54.0 Å². The lowest BCUT2D eigenvalue weighted by molar-refractivity contribution is 0.0891. The normalized spacial score (nSPS) is 16.0.